The lowest BCUT2D eigenvalue weighted by atomic mass is 9.96. The molecule has 0 saturated carbocycles. The maximum absolute atomic E-state index is 10.8. The Morgan fingerprint density at radius 2 is 1.74 bits per heavy atom. The second-order valence-electron chi connectivity index (χ2n) is 10.5. The molecule has 7 heteroatoms. The van der Waals surface area contributed by atoms with E-state index in [1.807, 2.05) is 13.0 Å². The Hall–Kier alpha value is -2.16. The monoisotopic (exact) mass is 530 g/mol. The van der Waals surface area contributed by atoms with Crippen molar-refractivity contribution in [2.45, 2.75) is 121 Å². The minimum atomic E-state index is -0.690. The summed E-state index contributed by atoms with van der Waals surface area (Å²) in [6, 6.07) is 7.02. The van der Waals surface area contributed by atoms with Crippen LogP contribution < -0.4 is 0 Å². The average Bonchev–Trinajstić information content (AvgIpc) is 2.88. The Kier molecular flexibility index (Phi) is 12.3. The number of aliphatic hydroxyl groups is 2. The van der Waals surface area contributed by atoms with Crippen molar-refractivity contribution in [1.29, 1.82) is 0 Å². The quantitative estimate of drug-likeness (QED) is 0.139. The molecule has 7 nitrogen and oxygen atoms in total. The second-order valence-corrected chi connectivity index (χ2v) is 10.5. The standard InChI is InChI=1S/C31H46O7/c1-5-7-8-14-24-20-25(37-30(36-24)22(4)28(33)12-6-2)15-11-13-23(32)19-26-18-21(3)35-31(38-26)27-16-9-10-17-29(27)34/h6,9-10,12,16-17,21,23-26,30-34H,2,4-5,7-8,11,13-15,18-20H2,1,3H3/b28-12+. The highest BCUT2D eigenvalue weighted by Crippen LogP contribution is 2.36. The number of phenols is 1. The molecule has 0 aliphatic carbocycles. The van der Waals surface area contributed by atoms with Crippen molar-refractivity contribution in [1.82, 2.24) is 0 Å². The van der Waals surface area contributed by atoms with Gasteiger partial charge in [-0.1, -0.05) is 63.6 Å². The van der Waals surface area contributed by atoms with Crippen molar-refractivity contribution < 1.29 is 34.3 Å². The molecule has 2 heterocycles. The van der Waals surface area contributed by atoms with E-state index < -0.39 is 18.7 Å². The number of benzene rings is 1. The van der Waals surface area contributed by atoms with Gasteiger partial charge in [-0.15, -0.1) is 0 Å². The zero-order valence-corrected chi connectivity index (χ0v) is 23.0. The van der Waals surface area contributed by atoms with E-state index in [-0.39, 0.29) is 35.9 Å². The van der Waals surface area contributed by atoms with E-state index in [4.69, 9.17) is 18.9 Å². The summed E-state index contributed by atoms with van der Waals surface area (Å²) in [5, 5.41) is 31.2. The number of aliphatic hydroxyl groups excluding tert-OH is 2. The van der Waals surface area contributed by atoms with Crippen LogP contribution in [0.4, 0.5) is 0 Å². The minimum Gasteiger partial charge on any atom is -0.507 e. The first-order valence-electron chi connectivity index (χ1n) is 14.1. The van der Waals surface area contributed by atoms with E-state index in [9.17, 15) is 15.3 Å². The number of rotatable bonds is 14. The largest absolute Gasteiger partial charge is 0.507 e. The highest BCUT2D eigenvalue weighted by molar-refractivity contribution is 5.33. The Morgan fingerprint density at radius 3 is 2.42 bits per heavy atom. The van der Waals surface area contributed by atoms with Crippen LogP contribution in [-0.2, 0) is 18.9 Å². The molecule has 1 aromatic rings. The van der Waals surface area contributed by atoms with Gasteiger partial charge in [-0.2, -0.15) is 0 Å². The fourth-order valence-corrected chi connectivity index (χ4v) is 5.17. The molecule has 0 aromatic heterocycles. The molecule has 2 saturated heterocycles. The third kappa shape index (κ3) is 9.24. The van der Waals surface area contributed by atoms with E-state index in [1.54, 1.807) is 18.2 Å². The summed E-state index contributed by atoms with van der Waals surface area (Å²) >= 11 is 0. The summed E-state index contributed by atoms with van der Waals surface area (Å²) in [6.45, 7) is 11.8. The van der Waals surface area contributed by atoms with Crippen LogP contribution in [0.15, 0.2) is 60.9 Å². The molecule has 7 atom stereocenters. The lowest BCUT2D eigenvalue weighted by molar-refractivity contribution is -0.248. The van der Waals surface area contributed by atoms with E-state index in [0.717, 1.165) is 44.9 Å². The van der Waals surface area contributed by atoms with E-state index >= 15 is 0 Å². The number of para-hydroxylation sites is 1. The summed E-state index contributed by atoms with van der Waals surface area (Å²) in [6.07, 6.45) is 9.49. The van der Waals surface area contributed by atoms with Crippen molar-refractivity contribution in [3.8, 4) is 5.75 Å². The Morgan fingerprint density at radius 1 is 1.03 bits per heavy atom. The molecule has 1 aromatic carbocycles. The summed E-state index contributed by atoms with van der Waals surface area (Å²) in [4.78, 5) is 0. The molecule has 38 heavy (non-hydrogen) atoms. The van der Waals surface area contributed by atoms with Crippen molar-refractivity contribution in [3.63, 3.8) is 0 Å². The maximum atomic E-state index is 10.8. The van der Waals surface area contributed by atoms with Crippen LogP contribution in [0.2, 0.25) is 0 Å². The van der Waals surface area contributed by atoms with Crippen LogP contribution >= 0.6 is 0 Å². The first-order chi connectivity index (χ1) is 18.3. The third-order valence-electron chi connectivity index (χ3n) is 7.23. The molecular weight excluding hydrogens is 484 g/mol. The summed E-state index contributed by atoms with van der Waals surface area (Å²) in [5.74, 6) is 0.158. The molecule has 3 rings (SSSR count). The number of hydrogen-bond donors (Lipinski definition) is 3. The smallest absolute Gasteiger partial charge is 0.187 e. The van der Waals surface area contributed by atoms with E-state index in [2.05, 4.69) is 20.1 Å². The Labute approximate surface area is 227 Å². The first kappa shape index (κ1) is 30.4. The highest BCUT2D eigenvalue weighted by Gasteiger charge is 2.33. The lowest BCUT2D eigenvalue weighted by Crippen LogP contribution is -2.39. The number of hydrogen-bond acceptors (Lipinski definition) is 7. The second kappa shape index (κ2) is 15.4. The van der Waals surface area contributed by atoms with Gasteiger partial charge in [-0.3, -0.25) is 0 Å². The molecule has 0 amide bonds. The zero-order valence-electron chi connectivity index (χ0n) is 23.0. The van der Waals surface area contributed by atoms with Crippen molar-refractivity contribution in [2.24, 2.45) is 0 Å². The molecule has 2 aliphatic heterocycles. The van der Waals surface area contributed by atoms with Gasteiger partial charge in [0.25, 0.3) is 0 Å². The number of phenolic OH excluding ortho intramolecular Hbond substituents is 1. The first-order valence-corrected chi connectivity index (χ1v) is 14.1. The van der Waals surface area contributed by atoms with Gasteiger partial charge in [0.2, 0.25) is 0 Å². The van der Waals surface area contributed by atoms with Gasteiger partial charge in [0.05, 0.1) is 30.5 Å². The summed E-state index contributed by atoms with van der Waals surface area (Å²) in [7, 11) is 0. The molecule has 0 spiro atoms. The molecular formula is C31H46O7. The topological polar surface area (TPSA) is 97.6 Å². The van der Waals surface area contributed by atoms with Gasteiger partial charge < -0.3 is 34.3 Å². The van der Waals surface area contributed by atoms with Crippen LogP contribution in [0.5, 0.6) is 5.75 Å². The molecule has 3 N–H and O–H groups in total. The van der Waals surface area contributed by atoms with Crippen molar-refractivity contribution in [3.05, 3.63) is 66.5 Å². The maximum Gasteiger partial charge on any atom is 0.187 e. The third-order valence-corrected chi connectivity index (χ3v) is 7.23. The van der Waals surface area contributed by atoms with Gasteiger partial charge in [0, 0.05) is 17.6 Å². The fraction of sp³-hybridized carbons (Fsp3) is 0.613. The molecule has 7 unspecified atom stereocenters. The van der Waals surface area contributed by atoms with Crippen LogP contribution in [0.1, 0.15) is 89.9 Å². The van der Waals surface area contributed by atoms with Crippen LogP contribution in [0, 0.1) is 0 Å². The van der Waals surface area contributed by atoms with Crippen LogP contribution in [0.3, 0.4) is 0 Å². The normalized spacial score (nSPS) is 29.1. The van der Waals surface area contributed by atoms with Gasteiger partial charge >= 0.3 is 0 Å². The summed E-state index contributed by atoms with van der Waals surface area (Å²) in [5.41, 5.74) is 1.01. The lowest BCUT2D eigenvalue weighted by Gasteiger charge is -2.37. The SMILES string of the molecule is C=C/C=C(/O)C(=C)C1OC(CCCCC)CC(CCCC(O)CC2CC(C)OC(c3ccccc3O)O2)O1. The molecule has 2 aliphatic rings. The Balaban J connectivity index is 1.50. The van der Waals surface area contributed by atoms with Crippen molar-refractivity contribution in [2.75, 3.05) is 0 Å². The van der Waals surface area contributed by atoms with Gasteiger partial charge in [0.15, 0.2) is 12.6 Å². The van der Waals surface area contributed by atoms with Gasteiger partial charge in [0.1, 0.15) is 11.5 Å². The van der Waals surface area contributed by atoms with E-state index in [1.165, 1.54) is 12.2 Å². The van der Waals surface area contributed by atoms with Gasteiger partial charge in [-0.25, -0.2) is 0 Å². The predicted molar refractivity (Wildman–Crippen MR) is 148 cm³/mol. The fourth-order valence-electron chi connectivity index (χ4n) is 5.17. The number of aromatic hydroxyl groups is 1. The predicted octanol–water partition coefficient (Wildman–Crippen LogP) is 6.77. The highest BCUT2D eigenvalue weighted by atomic mass is 16.7. The van der Waals surface area contributed by atoms with Crippen LogP contribution in [-0.4, -0.2) is 52.1 Å². The molecule has 0 radical (unpaired) electrons. The zero-order chi connectivity index (χ0) is 27.5. The number of allylic oxidation sites excluding steroid dienone is 2. The number of unbranched alkanes of at least 4 members (excludes halogenated alkanes) is 2. The Bertz CT molecular complexity index is 913. The van der Waals surface area contributed by atoms with E-state index in [0.29, 0.717) is 30.4 Å². The van der Waals surface area contributed by atoms with Crippen molar-refractivity contribution >= 4 is 0 Å². The molecule has 2 fully saturated rings. The number of ether oxygens (including phenoxy) is 4. The molecule has 212 valence electrons. The minimum absolute atomic E-state index is 0.0150. The average molecular weight is 531 g/mol. The van der Waals surface area contributed by atoms with Gasteiger partial charge in [-0.05, 0) is 57.6 Å². The molecule has 0 bridgehead atoms. The van der Waals surface area contributed by atoms with Crippen LogP contribution in [0.25, 0.3) is 0 Å². The summed E-state index contributed by atoms with van der Waals surface area (Å²) < 4.78 is 24.3.